The van der Waals surface area contributed by atoms with E-state index in [1.807, 2.05) is 0 Å². The second-order valence-corrected chi connectivity index (χ2v) is 5.00. The van der Waals surface area contributed by atoms with E-state index < -0.39 is 0 Å². The van der Waals surface area contributed by atoms with Gasteiger partial charge in [-0.1, -0.05) is 6.92 Å². The van der Waals surface area contributed by atoms with Gasteiger partial charge < -0.3 is 16.4 Å². The van der Waals surface area contributed by atoms with Gasteiger partial charge in [0.2, 0.25) is 0 Å². The molecule has 2 aliphatic heterocycles. The highest BCUT2D eigenvalue weighted by atomic mass is 15.0. The first-order valence-corrected chi connectivity index (χ1v) is 5.97. The van der Waals surface area contributed by atoms with Crippen LogP contribution in [0.15, 0.2) is 0 Å². The van der Waals surface area contributed by atoms with Crippen molar-refractivity contribution in [1.29, 1.82) is 0 Å². The number of rotatable bonds is 1. The van der Waals surface area contributed by atoms with Crippen LogP contribution in [0.4, 0.5) is 0 Å². The van der Waals surface area contributed by atoms with Gasteiger partial charge in [0.25, 0.3) is 0 Å². The minimum atomic E-state index is 0.364. The third-order valence-electron chi connectivity index (χ3n) is 3.88. The summed E-state index contributed by atoms with van der Waals surface area (Å²) in [6.45, 7) is 5.69. The van der Waals surface area contributed by atoms with Crippen molar-refractivity contribution in [3.63, 3.8) is 0 Å². The standard InChI is InChI=1S/C11H23N3/c1-8-5-11(14-7-10(8)12)9-3-2-4-13-6-9/h8-11,13-14H,2-7,12H2,1H3. The van der Waals surface area contributed by atoms with Crippen molar-refractivity contribution in [3.8, 4) is 0 Å². The smallest absolute Gasteiger partial charge is 0.0191 e. The molecule has 2 saturated heterocycles. The molecule has 4 atom stereocenters. The normalized spacial score (nSPS) is 45.0. The quantitative estimate of drug-likeness (QED) is 0.567. The number of hydrogen-bond donors (Lipinski definition) is 3. The van der Waals surface area contributed by atoms with Crippen molar-refractivity contribution in [2.24, 2.45) is 17.6 Å². The maximum Gasteiger partial charge on any atom is 0.0191 e. The summed E-state index contributed by atoms with van der Waals surface area (Å²) < 4.78 is 0. The summed E-state index contributed by atoms with van der Waals surface area (Å²) in [6.07, 6.45) is 3.98. The molecular weight excluding hydrogens is 174 g/mol. The van der Waals surface area contributed by atoms with Crippen molar-refractivity contribution in [3.05, 3.63) is 0 Å². The number of hydrogen-bond acceptors (Lipinski definition) is 3. The highest BCUT2D eigenvalue weighted by molar-refractivity contribution is 4.90. The summed E-state index contributed by atoms with van der Waals surface area (Å²) in [5.41, 5.74) is 5.99. The van der Waals surface area contributed by atoms with Gasteiger partial charge in [-0.05, 0) is 44.2 Å². The molecule has 0 aliphatic carbocycles. The van der Waals surface area contributed by atoms with Crippen LogP contribution in [0, 0.1) is 11.8 Å². The Morgan fingerprint density at radius 1 is 1.29 bits per heavy atom. The minimum absolute atomic E-state index is 0.364. The maximum atomic E-state index is 5.99. The van der Waals surface area contributed by atoms with Gasteiger partial charge in [-0.15, -0.1) is 0 Å². The summed E-state index contributed by atoms with van der Waals surface area (Å²) in [7, 11) is 0. The fourth-order valence-electron chi connectivity index (χ4n) is 2.73. The van der Waals surface area contributed by atoms with Gasteiger partial charge in [-0.3, -0.25) is 0 Å². The van der Waals surface area contributed by atoms with Crippen molar-refractivity contribution >= 4 is 0 Å². The minimum Gasteiger partial charge on any atom is -0.326 e. The van der Waals surface area contributed by atoms with Gasteiger partial charge >= 0.3 is 0 Å². The van der Waals surface area contributed by atoms with Crippen LogP contribution < -0.4 is 16.4 Å². The van der Waals surface area contributed by atoms with Crippen LogP contribution in [0.25, 0.3) is 0 Å². The van der Waals surface area contributed by atoms with Crippen molar-refractivity contribution in [2.45, 2.75) is 38.3 Å². The van der Waals surface area contributed by atoms with Crippen LogP contribution in [-0.4, -0.2) is 31.7 Å². The Morgan fingerprint density at radius 3 is 2.79 bits per heavy atom. The van der Waals surface area contributed by atoms with Crippen LogP contribution in [0.5, 0.6) is 0 Å². The molecule has 0 amide bonds. The Labute approximate surface area is 86.8 Å². The molecule has 0 spiro atoms. The predicted molar refractivity (Wildman–Crippen MR) is 59.1 cm³/mol. The SMILES string of the molecule is CC1CC(C2CCCNC2)NCC1N. The molecular formula is C11H23N3. The van der Waals surface area contributed by atoms with E-state index >= 15 is 0 Å². The molecule has 4 unspecified atom stereocenters. The Hall–Kier alpha value is -0.120. The molecule has 2 aliphatic rings. The predicted octanol–water partition coefficient (Wildman–Crippen LogP) is 0.311. The molecule has 0 aromatic rings. The lowest BCUT2D eigenvalue weighted by atomic mass is 9.81. The van der Waals surface area contributed by atoms with Gasteiger partial charge in [0.05, 0.1) is 0 Å². The van der Waals surface area contributed by atoms with E-state index in [9.17, 15) is 0 Å². The van der Waals surface area contributed by atoms with Crippen molar-refractivity contribution in [1.82, 2.24) is 10.6 Å². The molecule has 14 heavy (non-hydrogen) atoms. The van der Waals surface area contributed by atoms with Gasteiger partial charge in [-0.2, -0.15) is 0 Å². The Bertz CT molecular complexity index is 177. The zero-order chi connectivity index (χ0) is 9.97. The fraction of sp³-hybridized carbons (Fsp3) is 1.00. The first kappa shape index (κ1) is 10.4. The van der Waals surface area contributed by atoms with Crippen LogP contribution in [0.2, 0.25) is 0 Å². The van der Waals surface area contributed by atoms with Crippen molar-refractivity contribution < 1.29 is 0 Å². The Morgan fingerprint density at radius 2 is 2.14 bits per heavy atom. The molecule has 4 N–H and O–H groups in total. The molecule has 2 heterocycles. The average molecular weight is 197 g/mol. The highest BCUT2D eigenvalue weighted by Crippen LogP contribution is 2.24. The van der Waals surface area contributed by atoms with E-state index in [0.29, 0.717) is 18.0 Å². The van der Waals surface area contributed by atoms with E-state index in [2.05, 4.69) is 17.6 Å². The molecule has 82 valence electrons. The second-order valence-electron chi connectivity index (χ2n) is 5.00. The number of nitrogens with one attached hydrogen (secondary N) is 2. The lowest BCUT2D eigenvalue weighted by Gasteiger charge is -2.39. The third-order valence-corrected chi connectivity index (χ3v) is 3.88. The second kappa shape index (κ2) is 4.60. The summed E-state index contributed by atoms with van der Waals surface area (Å²) in [5, 5.41) is 7.09. The molecule has 0 bridgehead atoms. The first-order valence-electron chi connectivity index (χ1n) is 5.97. The monoisotopic (exact) mass is 197 g/mol. The average Bonchev–Trinajstić information content (AvgIpc) is 2.23. The van der Waals surface area contributed by atoms with Gasteiger partial charge in [0.1, 0.15) is 0 Å². The molecule has 2 fully saturated rings. The molecule has 0 aromatic heterocycles. The summed E-state index contributed by atoms with van der Waals surface area (Å²) in [5.74, 6) is 1.52. The van der Waals surface area contributed by atoms with Gasteiger partial charge in [-0.25, -0.2) is 0 Å². The van der Waals surface area contributed by atoms with Gasteiger partial charge in [0.15, 0.2) is 0 Å². The number of nitrogens with two attached hydrogens (primary N) is 1. The van der Waals surface area contributed by atoms with Gasteiger partial charge in [0, 0.05) is 18.6 Å². The summed E-state index contributed by atoms with van der Waals surface area (Å²) in [4.78, 5) is 0. The van der Waals surface area contributed by atoms with Crippen LogP contribution in [-0.2, 0) is 0 Å². The molecule has 0 saturated carbocycles. The molecule has 0 aromatic carbocycles. The molecule has 0 radical (unpaired) electrons. The van der Waals surface area contributed by atoms with Crippen LogP contribution >= 0.6 is 0 Å². The first-order chi connectivity index (χ1) is 6.77. The van der Waals surface area contributed by atoms with Crippen molar-refractivity contribution in [2.75, 3.05) is 19.6 Å². The van der Waals surface area contributed by atoms with E-state index in [1.165, 1.54) is 32.4 Å². The molecule has 3 heteroatoms. The zero-order valence-electron chi connectivity index (χ0n) is 9.13. The fourth-order valence-corrected chi connectivity index (χ4v) is 2.73. The Balaban J connectivity index is 1.85. The summed E-state index contributed by atoms with van der Waals surface area (Å²) >= 11 is 0. The van der Waals surface area contributed by atoms with E-state index in [0.717, 1.165) is 12.5 Å². The van der Waals surface area contributed by atoms with Crippen LogP contribution in [0.1, 0.15) is 26.2 Å². The highest BCUT2D eigenvalue weighted by Gasteiger charge is 2.30. The third kappa shape index (κ3) is 2.27. The summed E-state index contributed by atoms with van der Waals surface area (Å²) in [6, 6.07) is 1.07. The Kier molecular flexibility index (Phi) is 3.42. The lowest BCUT2D eigenvalue weighted by Crippen LogP contribution is -2.54. The van der Waals surface area contributed by atoms with E-state index in [1.54, 1.807) is 0 Å². The lowest BCUT2D eigenvalue weighted by molar-refractivity contribution is 0.198. The maximum absolute atomic E-state index is 5.99. The largest absolute Gasteiger partial charge is 0.326 e. The molecule has 2 rings (SSSR count). The number of piperidine rings is 2. The van der Waals surface area contributed by atoms with E-state index in [4.69, 9.17) is 5.73 Å². The topological polar surface area (TPSA) is 50.1 Å². The van der Waals surface area contributed by atoms with Crippen LogP contribution in [0.3, 0.4) is 0 Å². The molecule has 3 nitrogen and oxygen atoms in total. The van der Waals surface area contributed by atoms with E-state index in [-0.39, 0.29) is 0 Å². The zero-order valence-corrected chi connectivity index (χ0v) is 9.13.